The first-order valence-corrected chi connectivity index (χ1v) is 10.4. The largest absolute Gasteiger partial charge is 0.471 e. The molecule has 182 valence electrons. The zero-order chi connectivity index (χ0) is 24.1. The molecule has 5 N–H and O–H groups in total. The molecule has 10 atom stereocenters. The van der Waals surface area contributed by atoms with Gasteiger partial charge in [0, 0.05) is 5.92 Å². The fourth-order valence-electron chi connectivity index (χ4n) is 4.62. The Morgan fingerprint density at radius 3 is 2.58 bits per heavy atom. The third kappa shape index (κ3) is 3.87. The Kier molecular flexibility index (Phi) is 6.35. The van der Waals surface area contributed by atoms with E-state index in [4.69, 9.17) is 23.7 Å². The van der Waals surface area contributed by atoms with Crippen molar-refractivity contribution < 1.29 is 58.8 Å². The van der Waals surface area contributed by atoms with Crippen LogP contribution in [0.4, 0.5) is 0 Å². The lowest BCUT2D eigenvalue weighted by Gasteiger charge is -2.44. The predicted molar refractivity (Wildman–Crippen MR) is 104 cm³/mol. The molecular formula is C21H26O12. The van der Waals surface area contributed by atoms with Crippen LogP contribution in [-0.2, 0) is 33.3 Å². The number of allylic oxidation sites excluding steroid dienone is 1. The highest BCUT2D eigenvalue weighted by atomic mass is 16.8. The molecule has 1 aliphatic carbocycles. The third-order valence-corrected chi connectivity index (χ3v) is 6.39. The number of hydrogen-bond donors (Lipinski definition) is 5. The summed E-state index contributed by atoms with van der Waals surface area (Å²) in [4.78, 5) is 24.7. The highest BCUT2D eigenvalue weighted by molar-refractivity contribution is 5.94. The molecule has 0 aromatic heterocycles. The molecule has 0 radical (unpaired) electrons. The van der Waals surface area contributed by atoms with E-state index in [9.17, 15) is 35.1 Å². The summed E-state index contributed by atoms with van der Waals surface area (Å²) in [6, 6.07) is 0. The third-order valence-electron chi connectivity index (χ3n) is 6.39. The van der Waals surface area contributed by atoms with Crippen LogP contribution in [0.15, 0.2) is 35.6 Å². The van der Waals surface area contributed by atoms with Crippen LogP contribution in [-0.4, -0.2) is 94.0 Å². The minimum Gasteiger partial charge on any atom is -0.471 e. The van der Waals surface area contributed by atoms with E-state index in [0.29, 0.717) is 0 Å². The van der Waals surface area contributed by atoms with Gasteiger partial charge in [-0.3, -0.25) is 0 Å². The number of aliphatic hydroxyl groups excluding tert-OH is 5. The molecule has 1 fully saturated rings. The van der Waals surface area contributed by atoms with Crippen LogP contribution >= 0.6 is 0 Å². The molecule has 33 heavy (non-hydrogen) atoms. The quantitative estimate of drug-likeness (QED) is 0.217. The van der Waals surface area contributed by atoms with Crippen LogP contribution in [0.1, 0.15) is 6.92 Å². The Hall–Kier alpha value is -2.32. The average Bonchev–Trinajstić information content (AvgIpc) is 3.32. The van der Waals surface area contributed by atoms with Gasteiger partial charge in [0.1, 0.15) is 6.10 Å². The van der Waals surface area contributed by atoms with Crippen LogP contribution in [0.3, 0.4) is 0 Å². The fourth-order valence-corrected chi connectivity index (χ4v) is 4.62. The second kappa shape index (κ2) is 8.80. The average molecular weight is 470 g/mol. The van der Waals surface area contributed by atoms with E-state index in [-0.39, 0.29) is 11.1 Å². The molecule has 3 heterocycles. The van der Waals surface area contributed by atoms with Crippen LogP contribution in [0.2, 0.25) is 0 Å². The summed E-state index contributed by atoms with van der Waals surface area (Å²) in [5, 5.41) is 49.6. The molecule has 0 unspecified atom stereocenters. The number of aliphatic hydroxyl groups is 5. The van der Waals surface area contributed by atoms with Crippen LogP contribution < -0.4 is 0 Å². The molecule has 0 aromatic rings. The van der Waals surface area contributed by atoms with Gasteiger partial charge in [-0.1, -0.05) is 6.08 Å². The van der Waals surface area contributed by atoms with E-state index < -0.39 is 79.1 Å². The van der Waals surface area contributed by atoms with E-state index in [1.165, 1.54) is 20.1 Å². The number of carbonyl (C=O) groups excluding carboxylic acids is 2. The molecule has 12 nitrogen and oxygen atoms in total. The summed E-state index contributed by atoms with van der Waals surface area (Å²) in [7, 11) is 1.20. The van der Waals surface area contributed by atoms with Gasteiger partial charge in [-0.25, -0.2) is 9.59 Å². The maximum Gasteiger partial charge on any atom is 0.337 e. The van der Waals surface area contributed by atoms with Gasteiger partial charge in [-0.15, -0.1) is 0 Å². The van der Waals surface area contributed by atoms with Crippen LogP contribution in [0.25, 0.3) is 0 Å². The number of esters is 2. The van der Waals surface area contributed by atoms with Crippen molar-refractivity contribution in [3.05, 3.63) is 35.6 Å². The van der Waals surface area contributed by atoms with Gasteiger partial charge < -0.3 is 49.2 Å². The van der Waals surface area contributed by atoms with E-state index in [1.807, 2.05) is 0 Å². The monoisotopic (exact) mass is 470 g/mol. The summed E-state index contributed by atoms with van der Waals surface area (Å²) >= 11 is 0. The fraction of sp³-hybridized carbons (Fsp3) is 0.619. The first-order valence-electron chi connectivity index (χ1n) is 10.4. The second-order valence-corrected chi connectivity index (χ2v) is 8.36. The van der Waals surface area contributed by atoms with E-state index in [1.54, 1.807) is 12.2 Å². The Morgan fingerprint density at radius 2 is 1.97 bits per heavy atom. The molecular weight excluding hydrogens is 444 g/mol. The lowest BCUT2D eigenvalue weighted by Crippen LogP contribution is -2.58. The molecule has 3 aliphatic heterocycles. The van der Waals surface area contributed by atoms with Gasteiger partial charge in [0.2, 0.25) is 6.29 Å². The second-order valence-electron chi connectivity index (χ2n) is 8.36. The molecule has 0 aromatic carbocycles. The molecule has 0 amide bonds. The van der Waals surface area contributed by atoms with Crippen molar-refractivity contribution in [2.45, 2.75) is 49.7 Å². The maximum absolute atomic E-state index is 12.4. The molecule has 1 spiro atoms. The number of fused-ring (bicyclic) bond motifs is 2. The first-order chi connectivity index (χ1) is 15.6. The van der Waals surface area contributed by atoms with Crippen molar-refractivity contribution in [3.8, 4) is 0 Å². The molecule has 1 saturated heterocycles. The van der Waals surface area contributed by atoms with Crippen molar-refractivity contribution in [2.24, 2.45) is 17.8 Å². The number of rotatable bonds is 5. The predicted octanol–water partition coefficient (Wildman–Crippen LogP) is -2.17. The summed E-state index contributed by atoms with van der Waals surface area (Å²) in [5.74, 6) is -4.15. The van der Waals surface area contributed by atoms with Gasteiger partial charge in [0.25, 0.3) is 0 Å². The summed E-state index contributed by atoms with van der Waals surface area (Å²) in [5.41, 5.74) is -1.29. The van der Waals surface area contributed by atoms with E-state index >= 15 is 0 Å². The van der Waals surface area contributed by atoms with Gasteiger partial charge in [-0.2, -0.15) is 0 Å². The first kappa shape index (κ1) is 23.8. The zero-order valence-corrected chi connectivity index (χ0v) is 17.8. The molecule has 0 bridgehead atoms. The Balaban J connectivity index is 1.69. The van der Waals surface area contributed by atoms with Crippen molar-refractivity contribution in [2.75, 3.05) is 13.7 Å². The standard InChI is InChI=1S/C21H26O12/c1-8(23)10-5-21(33-17(10)27)4-3-9-12(16(26)29-2)7-30-20(13(9)21)32-19-11(6-22)14(24)15(25)18(28)31-19/h3-5,7-9,11,13-15,18-20,22-25,28H,6H2,1-2H3/t8-,9+,11+,13+,14-,15-,18+,19+,20-,21+/m0/s1. The topological polar surface area (TPSA) is 181 Å². The zero-order valence-electron chi connectivity index (χ0n) is 17.8. The van der Waals surface area contributed by atoms with E-state index in [2.05, 4.69) is 0 Å². The van der Waals surface area contributed by atoms with E-state index in [0.717, 1.165) is 6.26 Å². The van der Waals surface area contributed by atoms with Gasteiger partial charge >= 0.3 is 11.9 Å². The Morgan fingerprint density at radius 1 is 1.24 bits per heavy atom. The van der Waals surface area contributed by atoms with Crippen LogP contribution in [0.5, 0.6) is 0 Å². The highest BCUT2D eigenvalue weighted by Gasteiger charge is 2.59. The molecule has 4 aliphatic rings. The van der Waals surface area contributed by atoms with Gasteiger partial charge in [-0.05, 0) is 19.1 Å². The number of carbonyl (C=O) groups is 2. The minimum atomic E-state index is -1.80. The summed E-state index contributed by atoms with van der Waals surface area (Å²) < 4.78 is 27.2. The van der Waals surface area contributed by atoms with Crippen molar-refractivity contribution in [3.63, 3.8) is 0 Å². The van der Waals surface area contributed by atoms with Crippen molar-refractivity contribution in [1.82, 2.24) is 0 Å². The lowest BCUT2D eigenvalue weighted by molar-refractivity contribution is -0.365. The normalized spacial score (nSPS) is 42.8. The minimum absolute atomic E-state index is 0.0179. The Labute approximate surface area is 188 Å². The smallest absolute Gasteiger partial charge is 0.337 e. The number of methoxy groups -OCH3 is 1. The lowest BCUT2D eigenvalue weighted by atomic mass is 9.78. The number of ether oxygens (including phenoxy) is 5. The SMILES string of the molecule is COC(=O)C1=CO[C@@H](O[C@H]2O[C@@H](O)[C@@H](O)[C@@H](O)[C@H]2CO)[C@H]2[C@@H]1C=C[C@@]21C=C([C@H](C)O)C(=O)O1. The molecule has 12 heteroatoms. The molecule has 4 rings (SSSR count). The number of hydrogen-bond acceptors (Lipinski definition) is 12. The highest BCUT2D eigenvalue weighted by Crippen LogP contribution is 2.51. The summed E-state index contributed by atoms with van der Waals surface area (Å²) in [6.45, 7) is 0.757. The molecule has 0 saturated carbocycles. The van der Waals surface area contributed by atoms with Crippen molar-refractivity contribution in [1.29, 1.82) is 0 Å². The van der Waals surface area contributed by atoms with Gasteiger partial charge in [0.15, 0.2) is 18.2 Å². The maximum atomic E-state index is 12.4. The summed E-state index contributed by atoms with van der Waals surface area (Å²) in [6.07, 6.45) is -3.08. The van der Waals surface area contributed by atoms with Crippen molar-refractivity contribution >= 4 is 11.9 Å². The van der Waals surface area contributed by atoms with Gasteiger partial charge in [0.05, 0.1) is 55.2 Å². The van der Waals surface area contributed by atoms with Crippen LogP contribution in [0, 0.1) is 17.8 Å². The Bertz CT molecular complexity index is 894.